The number of halogens is 1. The van der Waals surface area contributed by atoms with Crippen LogP contribution < -0.4 is 10.6 Å². The molecule has 4 heteroatoms. The Labute approximate surface area is 132 Å². The second-order valence-corrected chi connectivity index (χ2v) is 6.13. The summed E-state index contributed by atoms with van der Waals surface area (Å²) >= 11 is 0. The Bertz CT molecular complexity index is 514. The molecule has 3 nitrogen and oxygen atoms in total. The molecule has 2 rings (SSSR count). The summed E-state index contributed by atoms with van der Waals surface area (Å²) in [4.78, 5) is 12.6. The first-order valence-corrected chi connectivity index (χ1v) is 8.37. The van der Waals surface area contributed by atoms with Gasteiger partial charge in [0.1, 0.15) is 5.82 Å². The van der Waals surface area contributed by atoms with Crippen LogP contribution in [0.1, 0.15) is 58.1 Å². The zero-order valence-corrected chi connectivity index (χ0v) is 13.8. The first-order chi connectivity index (χ1) is 10.6. The van der Waals surface area contributed by atoms with Gasteiger partial charge >= 0.3 is 0 Å². The smallest absolute Gasteiger partial charge is 0.227 e. The summed E-state index contributed by atoms with van der Waals surface area (Å²) in [5.41, 5.74) is 0.595. The van der Waals surface area contributed by atoms with Crippen molar-refractivity contribution in [2.24, 2.45) is 5.41 Å². The normalized spacial score (nSPS) is 21.8. The molecule has 122 valence electrons. The van der Waals surface area contributed by atoms with E-state index in [9.17, 15) is 9.18 Å². The topological polar surface area (TPSA) is 41.1 Å². The van der Waals surface area contributed by atoms with Crippen molar-refractivity contribution >= 4 is 5.91 Å². The zero-order chi connectivity index (χ0) is 16.2. The largest absolute Gasteiger partial charge is 0.356 e. The van der Waals surface area contributed by atoms with Crippen LogP contribution in [0.5, 0.6) is 0 Å². The van der Waals surface area contributed by atoms with E-state index in [1.54, 1.807) is 12.1 Å². The second kappa shape index (κ2) is 7.23. The third-order valence-electron chi connectivity index (χ3n) is 5.12. The Hall–Kier alpha value is -1.42. The number of nitrogens with one attached hydrogen (secondary N) is 2. The highest BCUT2D eigenvalue weighted by atomic mass is 19.1. The zero-order valence-electron chi connectivity index (χ0n) is 13.8. The third kappa shape index (κ3) is 3.17. The minimum atomic E-state index is -0.377. The average Bonchev–Trinajstić information content (AvgIpc) is 3.00. The summed E-state index contributed by atoms with van der Waals surface area (Å²) in [6.45, 7) is 6.76. The fraction of sp³-hybridized carbons (Fsp3) is 0.611. The molecule has 0 unspecified atom stereocenters. The van der Waals surface area contributed by atoms with Gasteiger partial charge in [0.2, 0.25) is 5.91 Å². The van der Waals surface area contributed by atoms with Crippen LogP contribution in [-0.2, 0) is 4.79 Å². The van der Waals surface area contributed by atoms with Crippen molar-refractivity contribution < 1.29 is 9.18 Å². The predicted molar refractivity (Wildman–Crippen MR) is 87.0 cm³/mol. The van der Waals surface area contributed by atoms with Gasteiger partial charge in [-0.3, -0.25) is 4.79 Å². The molecule has 1 aliphatic heterocycles. The van der Waals surface area contributed by atoms with E-state index in [0.717, 1.165) is 31.2 Å². The molecule has 1 aromatic carbocycles. The number of hydrogen-bond acceptors (Lipinski definition) is 2. The lowest BCUT2D eigenvalue weighted by Gasteiger charge is -2.36. The highest BCUT2D eigenvalue weighted by Gasteiger charge is 2.45. The summed E-state index contributed by atoms with van der Waals surface area (Å²) in [7, 11) is 0. The number of carbonyl (C=O) groups is 1. The van der Waals surface area contributed by atoms with Crippen LogP contribution in [0, 0.1) is 11.2 Å². The molecule has 1 fully saturated rings. The van der Waals surface area contributed by atoms with Gasteiger partial charge in [0.15, 0.2) is 0 Å². The molecule has 0 saturated carbocycles. The van der Waals surface area contributed by atoms with Gasteiger partial charge in [-0.25, -0.2) is 4.39 Å². The van der Waals surface area contributed by atoms with E-state index in [0.29, 0.717) is 6.54 Å². The lowest BCUT2D eigenvalue weighted by Crippen LogP contribution is -2.51. The Morgan fingerprint density at radius 1 is 1.32 bits per heavy atom. The molecule has 1 heterocycles. The highest BCUT2D eigenvalue weighted by molar-refractivity contribution is 5.83. The second-order valence-electron chi connectivity index (χ2n) is 6.13. The summed E-state index contributed by atoms with van der Waals surface area (Å²) in [5, 5.41) is 6.58. The first-order valence-electron chi connectivity index (χ1n) is 8.37. The molecule has 22 heavy (non-hydrogen) atoms. The van der Waals surface area contributed by atoms with Crippen LogP contribution in [-0.4, -0.2) is 18.5 Å². The number of carbonyl (C=O) groups excluding carboxylic acids is 1. The number of benzene rings is 1. The molecule has 2 N–H and O–H groups in total. The van der Waals surface area contributed by atoms with Crippen LogP contribution in [0.25, 0.3) is 0 Å². The van der Waals surface area contributed by atoms with E-state index in [2.05, 4.69) is 24.5 Å². The van der Waals surface area contributed by atoms with Crippen LogP contribution in [0.4, 0.5) is 4.39 Å². The minimum absolute atomic E-state index is 0.132. The van der Waals surface area contributed by atoms with Gasteiger partial charge in [-0.05, 0) is 50.3 Å². The summed E-state index contributed by atoms with van der Waals surface area (Å²) in [6, 6.07) is 7.03. The third-order valence-corrected chi connectivity index (χ3v) is 5.12. The molecular weight excluding hydrogens is 279 g/mol. The van der Waals surface area contributed by atoms with Crippen molar-refractivity contribution in [3.05, 3.63) is 35.6 Å². The van der Waals surface area contributed by atoms with Gasteiger partial charge in [-0.2, -0.15) is 0 Å². The molecule has 1 saturated heterocycles. The van der Waals surface area contributed by atoms with E-state index in [1.807, 2.05) is 13.0 Å². The first kappa shape index (κ1) is 16.9. The Kier molecular flexibility index (Phi) is 5.57. The van der Waals surface area contributed by atoms with E-state index in [1.165, 1.54) is 6.07 Å². The van der Waals surface area contributed by atoms with Crippen molar-refractivity contribution in [3.63, 3.8) is 0 Å². The van der Waals surface area contributed by atoms with Crippen molar-refractivity contribution in [2.45, 2.75) is 58.5 Å². The summed E-state index contributed by atoms with van der Waals surface area (Å²) in [6.07, 6.45) is 3.50. The number of rotatable bonds is 6. The van der Waals surface area contributed by atoms with E-state index >= 15 is 0 Å². The fourth-order valence-corrected chi connectivity index (χ4v) is 3.72. The Balaban J connectivity index is 2.17. The average molecular weight is 306 g/mol. The van der Waals surface area contributed by atoms with Crippen LogP contribution in [0.2, 0.25) is 0 Å². The van der Waals surface area contributed by atoms with Gasteiger partial charge in [0.25, 0.3) is 0 Å². The molecule has 0 radical (unpaired) electrons. The molecule has 1 aromatic rings. The molecule has 1 amide bonds. The maximum Gasteiger partial charge on any atom is 0.227 e. The lowest BCUT2D eigenvalue weighted by molar-refractivity contribution is -0.133. The molecule has 1 aliphatic rings. The highest BCUT2D eigenvalue weighted by Crippen LogP contribution is 2.40. The molecule has 0 aliphatic carbocycles. The minimum Gasteiger partial charge on any atom is -0.356 e. The lowest BCUT2D eigenvalue weighted by atomic mass is 9.74. The van der Waals surface area contributed by atoms with Crippen LogP contribution in [0.15, 0.2) is 24.3 Å². The molecule has 2 atom stereocenters. The molecule has 0 bridgehead atoms. The van der Waals surface area contributed by atoms with Gasteiger partial charge in [0, 0.05) is 18.6 Å². The maximum atomic E-state index is 13.4. The van der Waals surface area contributed by atoms with E-state index < -0.39 is 0 Å². The molecular formula is C18H27FN2O. The van der Waals surface area contributed by atoms with Crippen molar-refractivity contribution in [1.29, 1.82) is 0 Å². The van der Waals surface area contributed by atoms with Crippen LogP contribution >= 0.6 is 0 Å². The van der Waals surface area contributed by atoms with Crippen LogP contribution in [0.3, 0.4) is 0 Å². The summed E-state index contributed by atoms with van der Waals surface area (Å²) in [5.74, 6) is -0.0684. The number of hydrogen-bond donors (Lipinski definition) is 2. The summed E-state index contributed by atoms with van der Waals surface area (Å²) < 4.78 is 13.4. The van der Waals surface area contributed by atoms with Gasteiger partial charge in [0.05, 0.1) is 5.41 Å². The number of amides is 1. The van der Waals surface area contributed by atoms with Gasteiger partial charge in [-0.15, -0.1) is 0 Å². The van der Waals surface area contributed by atoms with Gasteiger partial charge < -0.3 is 10.6 Å². The maximum absolute atomic E-state index is 13.4. The Morgan fingerprint density at radius 2 is 2.05 bits per heavy atom. The van der Waals surface area contributed by atoms with Crippen molar-refractivity contribution in [3.8, 4) is 0 Å². The molecule has 0 aromatic heterocycles. The predicted octanol–water partition coefficient (Wildman–Crippen LogP) is 3.56. The monoisotopic (exact) mass is 306 g/mol. The van der Waals surface area contributed by atoms with E-state index in [4.69, 9.17) is 0 Å². The van der Waals surface area contributed by atoms with Crippen molar-refractivity contribution in [1.82, 2.24) is 10.6 Å². The van der Waals surface area contributed by atoms with Gasteiger partial charge in [-0.1, -0.05) is 26.0 Å². The SMILES string of the molecule is CCNC(=O)C(CC)(CC)[C@H]1CC[C@@H](c2cccc(F)c2)N1. The Morgan fingerprint density at radius 3 is 2.64 bits per heavy atom. The van der Waals surface area contributed by atoms with E-state index in [-0.39, 0.29) is 29.2 Å². The standard InChI is InChI=1S/C18H27FN2O/c1-4-18(5-2,17(22)20-6-3)16-11-10-15(21-16)13-8-7-9-14(19)12-13/h7-9,12,15-16,21H,4-6,10-11H2,1-3H3,(H,20,22)/t15-,16+/m0/s1. The molecule has 0 spiro atoms. The quantitative estimate of drug-likeness (QED) is 0.843. The fourth-order valence-electron chi connectivity index (χ4n) is 3.72. The van der Waals surface area contributed by atoms with Crippen molar-refractivity contribution in [2.75, 3.05) is 6.54 Å².